The molecule has 0 aliphatic carbocycles. The van der Waals surface area contributed by atoms with Crippen molar-refractivity contribution in [2.45, 2.75) is 6.43 Å². The van der Waals surface area contributed by atoms with Crippen LogP contribution in [0.25, 0.3) is 0 Å². The number of methoxy groups -OCH3 is 3. The van der Waals surface area contributed by atoms with Gasteiger partial charge >= 0.3 is 0 Å². The molecule has 3 aromatic carbocycles. The molecule has 29 heavy (non-hydrogen) atoms. The van der Waals surface area contributed by atoms with Crippen molar-refractivity contribution >= 4 is 23.2 Å². The monoisotopic (exact) mass is 417 g/mol. The largest absolute Gasteiger partial charge is 0.493 e. The van der Waals surface area contributed by atoms with E-state index >= 15 is 0 Å². The Morgan fingerprint density at radius 3 is 1.21 bits per heavy atom. The third-order valence-corrected chi connectivity index (χ3v) is 9.30. The van der Waals surface area contributed by atoms with Gasteiger partial charge in [-0.15, -0.1) is 0 Å². The second-order valence-corrected chi connectivity index (χ2v) is 9.83. The lowest BCUT2D eigenvalue weighted by Gasteiger charge is -2.30. The van der Waals surface area contributed by atoms with Gasteiger partial charge in [-0.1, -0.05) is 36.4 Å². The van der Waals surface area contributed by atoms with Crippen molar-refractivity contribution in [2.75, 3.05) is 27.5 Å². The molecule has 0 saturated carbocycles. The summed E-state index contributed by atoms with van der Waals surface area (Å²) in [7, 11) is 1.77. The summed E-state index contributed by atoms with van der Waals surface area (Å²) in [6.07, 6.45) is -2.89. The Morgan fingerprint density at radius 2 is 0.931 bits per heavy atom. The second kappa shape index (κ2) is 9.23. The molecule has 3 aromatic rings. The summed E-state index contributed by atoms with van der Waals surface area (Å²) in [6.45, 7) is 0. The average molecular weight is 417 g/mol. The van der Waals surface area contributed by atoms with Crippen LogP contribution in [0.15, 0.2) is 72.8 Å². The van der Waals surface area contributed by atoms with Crippen molar-refractivity contribution in [1.82, 2.24) is 0 Å². The van der Waals surface area contributed by atoms with Crippen LogP contribution in [0.1, 0.15) is 0 Å². The molecule has 0 unspecified atom stereocenters. The highest BCUT2D eigenvalue weighted by Gasteiger charge is 2.53. The molecule has 0 bridgehead atoms. The maximum absolute atomic E-state index is 14.2. The fourth-order valence-corrected chi connectivity index (χ4v) is 8.16. The van der Waals surface area contributed by atoms with Crippen LogP contribution >= 0.6 is 7.26 Å². The zero-order valence-corrected chi connectivity index (χ0v) is 17.5. The number of para-hydroxylation sites is 3. The molecule has 0 saturated heterocycles. The lowest BCUT2D eigenvalue weighted by molar-refractivity contribution is 0.175. The Labute approximate surface area is 170 Å². The van der Waals surface area contributed by atoms with Crippen molar-refractivity contribution in [3.63, 3.8) is 0 Å². The van der Waals surface area contributed by atoms with Crippen LogP contribution in [0.4, 0.5) is 8.78 Å². The minimum Gasteiger partial charge on any atom is -0.493 e. The highest BCUT2D eigenvalue weighted by molar-refractivity contribution is 7.96. The van der Waals surface area contributed by atoms with Crippen LogP contribution in [0.3, 0.4) is 0 Å². The Hall–Kier alpha value is -2.65. The van der Waals surface area contributed by atoms with Crippen molar-refractivity contribution in [3.8, 4) is 17.2 Å². The summed E-state index contributed by atoms with van der Waals surface area (Å²) < 4.78 is 45.3. The first-order valence-corrected chi connectivity index (χ1v) is 11.1. The van der Waals surface area contributed by atoms with E-state index in [0.29, 0.717) is 17.2 Å². The van der Waals surface area contributed by atoms with Gasteiger partial charge in [-0.25, -0.2) is 8.78 Å². The lowest BCUT2D eigenvalue weighted by Crippen LogP contribution is -2.37. The first-order chi connectivity index (χ1) is 14.1. The molecule has 0 atom stereocenters. The molecule has 3 nitrogen and oxygen atoms in total. The topological polar surface area (TPSA) is 27.7 Å². The second-order valence-electron chi connectivity index (χ2n) is 6.40. The average Bonchev–Trinajstić information content (AvgIpc) is 2.77. The molecule has 0 fully saturated rings. The standard InChI is InChI=1S/C23H24F2O3P/c1-26-17-10-4-7-13-20(17)29(16-23(24)25,21-14-8-5-11-18(21)27-2)22-15-9-6-12-19(22)28-3/h4-15,23H,16H2,1-3H3/q+1. The first-order valence-electron chi connectivity index (χ1n) is 9.15. The van der Waals surface area contributed by atoms with E-state index in [4.69, 9.17) is 14.2 Å². The minimum atomic E-state index is -2.90. The molecule has 0 spiro atoms. The number of hydrogen-bond acceptors (Lipinski definition) is 3. The van der Waals surface area contributed by atoms with Gasteiger partial charge in [-0.05, 0) is 36.4 Å². The summed E-state index contributed by atoms with van der Waals surface area (Å²) in [5, 5.41) is 2.20. The van der Waals surface area contributed by atoms with Gasteiger partial charge in [0.25, 0.3) is 6.43 Å². The predicted octanol–water partition coefficient (Wildman–Crippen LogP) is 4.27. The van der Waals surface area contributed by atoms with E-state index in [1.54, 1.807) is 39.5 Å². The Kier molecular flexibility index (Phi) is 6.71. The molecule has 0 aromatic heterocycles. The molecule has 0 radical (unpaired) electrons. The summed E-state index contributed by atoms with van der Waals surface area (Å²) in [5.74, 6) is 1.70. The fraction of sp³-hybridized carbons (Fsp3) is 0.217. The quantitative estimate of drug-likeness (QED) is 0.513. The van der Waals surface area contributed by atoms with Gasteiger partial charge in [0.1, 0.15) is 29.3 Å². The Bertz CT molecular complexity index is 846. The predicted molar refractivity (Wildman–Crippen MR) is 116 cm³/mol. The van der Waals surface area contributed by atoms with Gasteiger partial charge in [0.15, 0.2) is 17.2 Å². The molecule has 0 amide bonds. The maximum atomic E-state index is 14.2. The summed E-state index contributed by atoms with van der Waals surface area (Å²) >= 11 is 0. The van der Waals surface area contributed by atoms with Crippen LogP contribution in [-0.4, -0.2) is 33.9 Å². The van der Waals surface area contributed by atoms with Gasteiger partial charge in [-0.2, -0.15) is 0 Å². The molecular weight excluding hydrogens is 393 g/mol. The molecule has 3 rings (SSSR count). The number of ether oxygens (including phenoxy) is 3. The molecule has 0 aliphatic rings. The smallest absolute Gasteiger partial charge is 0.272 e. The highest BCUT2D eigenvalue weighted by atomic mass is 31.2. The Balaban J connectivity index is 2.50. The van der Waals surface area contributed by atoms with Crippen molar-refractivity contribution in [1.29, 1.82) is 0 Å². The van der Waals surface area contributed by atoms with Gasteiger partial charge in [0.2, 0.25) is 0 Å². The summed E-state index contributed by atoms with van der Waals surface area (Å²) in [4.78, 5) is 0. The van der Waals surface area contributed by atoms with E-state index in [9.17, 15) is 8.78 Å². The molecular formula is C23H24F2O3P+. The van der Waals surface area contributed by atoms with E-state index in [0.717, 1.165) is 15.9 Å². The lowest BCUT2D eigenvalue weighted by atomic mass is 10.3. The van der Waals surface area contributed by atoms with E-state index in [2.05, 4.69) is 0 Å². The molecule has 6 heteroatoms. The normalized spacial score (nSPS) is 11.4. The molecule has 0 N–H and O–H groups in total. The van der Waals surface area contributed by atoms with Gasteiger partial charge < -0.3 is 14.2 Å². The minimum absolute atomic E-state index is 0.353. The van der Waals surface area contributed by atoms with Crippen LogP contribution < -0.4 is 30.1 Å². The third-order valence-electron chi connectivity index (χ3n) is 4.90. The SMILES string of the molecule is COc1ccccc1[P+](CC(F)F)(c1ccccc1OC)c1ccccc1OC. The fourth-order valence-electron chi connectivity index (χ4n) is 3.73. The van der Waals surface area contributed by atoms with Gasteiger partial charge in [0.05, 0.1) is 21.3 Å². The molecule has 0 aliphatic heterocycles. The van der Waals surface area contributed by atoms with Crippen LogP contribution in [0.2, 0.25) is 0 Å². The van der Waals surface area contributed by atoms with Crippen molar-refractivity contribution in [2.24, 2.45) is 0 Å². The van der Waals surface area contributed by atoms with Gasteiger partial charge in [-0.3, -0.25) is 0 Å². The number of benzene rings is 3. The highest BCUT2D eigenvalue weighted by Crippen LogP contribution is 2.61. The maximum Gasteiger partial charge on any atom is 0.272 e. The number of halogens is 2. The van der Waals surface area contributed by atoms with Crippen LogP contribution in [-0.2, 0) is 0 Å². The third kappa shape index (κ3) is 3.92. The zero-order valence-electron chi connectivity index (χ0n) is 16.6. The number of hydrogen-bond donors (Lipinski definition) is 0. The van der Waals surface area contributed by atoms with Crippen molar-refractivity contribution in [3.05, 3.63) is 72.8 Å². The summed E-state index contributed by atoms with van der Waals surface area (Å²) in [5.41, 5.74) is 0. The van der Waals surface area contributed by atoms with Crippen molar-refractivity contribution < 1.29 is 23.0 Å². The number of alkyl halides is 2. The first kappa shape index (κ1) is 21.1. The van der Waals surface area contributed by atoms with Crippen LogP contribution in [0.5, 0.6) is 17.2 Å². The summed E-state index contributed by atoms with van der Waals surface area (Å²) in [6, 6.07) is 22.1. The van der Waals surface area contributed by atoms with Crippen LogP contribution in [0, 0.1) is 0 Å². The Morgan fingerprint density at radius 1 is 0.621 bits per heavy atom. The number of rotatable bonds is 8. The molecule has 0 heterocycles. The van der Waals surface area contributed by atoms with Gasteiger partial charge in [0, 0.05) is 0 Å². The van der Waals surface area contributed by atoms with E-state index in [1.807, 2.05) is 54.6 Å². The molecule has 152 valence electrons. The van der Waals surface area contributed by atoms with E-state index in [1.165, 1.54) is 0 Å². The van der Waals surface area contributed by atoms with E-state index in [-0.39, 0.29) is 6.16 Å². The van der Waals surface area contributed by atoms with E-state index < -0.39 is 13.7 Å². The zero-order chi connectivity index (χ0) is 20.9.